The Morgan fingerprint density at radius 1 is 0.474 bits per heavy atom. The van der Waals surface area contributed by atoms with E-state index >= 15 is 0 Å². The quantitative estimate of drug-likeness (QED) is 0.625. The molecule has 1 heteroatoms. The number of benzene rings is 3. The SMILES string of the molecule is [2H]c1c([2H])c([2H])[c]([Sn+]([c]2c([2H])c([2H])c([2H])c([2H])c2[2H])[c]2c([2H])c([2H])c([2H])c([2H])c2[2H])c([2H])c1[2H]. The van der Waals surface area contributed by atoms with Crippen LogP contribution < -0.4 is 10.7 Å². The summed E-state index contributed by atoms with van der Waals surface area (Å²) in [6.07, 6.45) is 0. The van der Waals surface area contributed by atoms with E-state index in [1.54, 1.807) is 0 Å². The van der Waals surface area contributed by atoms with E-state index in [9.17, 15) is 0 Å². The molecule has 3 aromatic rings. The first-order chi connectivity index (χ1) is 15.7. The second-order valence-corrected chi connectivity index (χ2v) is 9.80. The van der Waals surface area contributed by atoms with Crippen LogP contribution in [0.1, 0.15) is 20.6 Å². The van der Waals surface area contributed by atoms with Crippen LogP contribution in [0.25, 0.3) is 0 Å². The monoisotopic (exact) mass is 366 g/mol. The minimum atomic E-state index is -4.70. The fourth-order valence-corrected chi connectivity index (χ4v) is 6.85. The fraction of sp³-hybridized carbons (Fsp3) is 0. The van der Waals surface area contributed by atoms with Crippen LogP contribution in [0.5, 0.6) is 0 Å². The van der Waals surface area contributed by atoms with E-state index in [1.807, 2.05) is 0 Å². The molecule has 0 unspecified atom stereocenters. The summed E-state index contributed by atoms with van der Waals surface area (Å²) < 4.78 is 121. The Kier molecular flexibility index (Phi) is 1.27. The van der Waals surface area contributed by atoms with Gasteiger partial charge in [-0.05, 0) is 0 Å². The van der Waals surface area contributed by atoms with Gasteiger partial charge in [0, 0.05) is 0 Å². The molecule has 0 bridgehead atoms. The van der Waals surface area contributed by atoms with Crippen molar-refractivity contribution in [3.63, 3.8) is 0 Å². The van der Waals surface area contributed by atoms with Crippen molar-refractivity contribution in [1.82, 2.24) is 0 Å². The molecule has 90 valence electrons. The van der Waals surface area contributed by atoms with E-state index in [-0.39, 0.29) is 10.7 Å². The van der Waals surface area contributed by atoms with Crippen molar-refractivity contribution >= 4 is 30.5 Å². The zero-order valence-electron chi connectivity index (χ0n) is 24.5. The predicted octanol–water partition coefficient (Wildman–Crippen LogP) is 2.20. The van der Waals surface area contributed by atoms with Gasteiger partial charge in [-0.3, -0.25) is 0 Å². The molecule has 0 aromatic heterocycles. The molecular weight excluding hydrogens is 335 g/mol. The normalized spacial score (nSPS) is 21.2. The molecule has 0 fully saturated rings. The van der Waals surface area contributed by atoms with Crippen molar-refractivity contribution in [2.24, 2.45) is 0 Å². The molecule has 0 radical (unpaired) electrons. The number of rotatable bonds is 3. The van der Waals surface area contributed by atoms with E-state index < -0.39 is 110 Å². The van der Waals surface area contributed by atoms with E-state index in [0.29, 0.717) is 0 Å². The Labute approximate surface area is 142 Å². The first-order valence-electron chi connectivity index (χ1n) is 12.8. The second-order valence-electron chi connectivity index (χ2n) is 3.38. The maximum atomic E-state index is 8.42. The molecule has 0 aliphatic carbocycles. The van der Waals surface area contributed by atoms with Gasteiger partial charge >= 0.3 is 142 Å². The minimum absolute atomic E-state index is 0.384. The van der Waals surface area contributed by atoms with Crippen molar-refractivity contribution in [2.45, 2.75) is 0 Å². The summed E-state index contributed by atoms with van der Waals surface area (Å²) in [5.41, 5.74) is 0. The molecular formula is C18H15Sn+. The molecule has 0 atom stereocenters. The van der Waals surface area contributed by atoms with E-state index in [4.69, 9.17) is 20.6 Å². The van der Waals surface area contributed by atoms with Crippen LogP contribution >= 0.6 is 0 Å². The fourth-order valence-electron chi connectivity index (χ4n) is 1.50. The molecule has 0 saturated heterocycles. The van der Waals surface area contributed by atoms with Crippen LogP contribution in [0, 0.1) is 0 Å². The Morgan fingerprint density at radius 3 is 1.00 bits per heavy atom. The Bertz CT molecular complexity index is 1110. The Hall–Kier alpha value is -1.54. The van der Waals surface area contributed by atoms with Gasteiger partial charge in [0.15, 0.2) is 0 Å². The van der Waals surface area contributed by atoms with Gasteiger partial charge in [0.05, 0.1) is 0 Å². The molecule has 0 amide bonds. The zero-order chi connectivity index (χ0) is 26.0. The molecule has 0 heterocycles. The van der Waals surface area contributed by atoms with Crippen molar-refractivity contribution in [1.29, 1.82) is 0 Å². The van der Waals surface area contributed by atoms with Gasteiger partial charge in [-0.15, -0.1) is 0 Å². The van der Waals surface area contributed by atoms with Crippen LogP contribution in [-0.2, 0) is 0 Å². The molecule has 3 aromatic carbocycles. The molecule has 3 rings (SSSR count). The third-order valence-electron chi connectivity index (χ3n) is 2.25. The summed E-state index contributed by atoms with van der Waals surface area (Å²) in [5.74, 6) is 0. The molecule has 0 nitrogen and oxygen atoms in total. The summed E-state index contributed by atoms with van der Waals surface area (Å²) in [5, 5.41) is 0. The standard InChI is InChI=1S/3C6H5.Sn/c3*1-2-4-6-5-3-1;/h3*1-5H;/q;;;+1/i3*1D,2D,3D,4D,5D;. The summed E-state index contributed by atoms with van der Waals surface area (Å²) in [6, 6.07) is -10.9. The number of hydrogen-bond acceptors (Lipinski definition) is 0. The van der Waals surface area contributed by atoms with Crippen LogP contribution in [-0.4, -0.2) is 19.8 Å². The summed E-state index contributed by atoms with van der Waals surface area (Å²) in [4.78, 5) is 0. The van der Waals surface area contributed by atoms with Gasteiger partial charge in [-0.2, -0.15) is 0 Å². The van der Waals surface area contributed by atoms with Gasteiger partial charge in [0.1, 0.15) is 0 Å². The zero-order valence-corrected chi connectivity index (χ0v) is 12.4. The maximum absolute atomic E-state index is 8.42. The molecule has 0 spiro atoms. The number of hydrogen-bond donors (Lipinski definition) is 0. The molecule has 0 saturated carbocycles. The van der Waals surface area contributed by atoms with Crippen molar-refractivity contribution < 1.29 is 20.6 Å². The third-order valence-corrected chi connectivity index (χ3v) is 8.67. The Balaban J connectivity index is 2.68. The molecule has 0 aliphatic heterocycles. The van der Waals surface area contributed by atoms with Crippen molar-refractivity contribution in [3.05, 3.63) is 90.6 Å². The average Bonchev–Trinajstić information content (AvgIpc) is 2.81. The van der Waals surface area contributed by atoms with Crippen LogP contribution in [0.4, 0.5) is 0 Å². The van der Waals surface area contributed by atoms with Gasteiger partial charge in [0.2, 0.25) is 0 Å². The third kappa shape index (κ3) is 2.90. The van der Waals surface area contributed by atoms with E-state index in [2.05, 4.69) is 0 Å². The summed E-state index contributed by atoms with van der Waals surface area (Å²) in [6.45, 7) is 0. The second kappa shape index (κ2) is 6.07. The molecule has 0 N–H and O–H groups in total. The summed E-state index contributed by atoms with van der Waals surface area (Å²) in [7, 11) is 0. The first kappa shape index (κ1) is 3.98. The predicted molar refractivity (Wildman–Crippen MR) is 84.0 cm³/mol. The van der Waals surface area contributed by atoms with Crippen LogP contribution in [0.2, 0.25) is 0 Å². The van der Waals surface area contributed by atoms with E-state index in [0.717, 1.165) is 0 Å². The van der Waals surface area contributed by atoms with Crippen LogP contribution in [0.15, 0.2) is 90.6 Å². The van der Waals surface area contributed by atoms with Crippen molar-refractivity contribution in [3.8, 4) is 0 Å². The molecule has 19 heavy (non-hydrogen) atoms. The Morgan fingerprint density at radius 2 is 0.737 bits per heavy atom. The van der Waals surface area contributed by atoms with E-state index in [1.165, 1.54) is 0 Å². The molecule has 0 aliphatic rings. The van der Waals surface area contributed by atoms with Crippen LogP contribution in [0.3, 0.4) is 0 Å². The van der Waals surface area contributed by atoms with Gasteiger partial charge in [-0.1, -0.05) is 0 Å². The van der Waals surface area contributed by atoms with Crippen molar-refractivity contribution in [2.75, 3.05) is 0 Å². The van der Waals surface area contributed by atoms with Gasteiger partial charge in [0.25, 0.3) is 0 Å². The average molecular weight is 365 g/mol. The van der Waals surface area contributed by atoms with Gasteiger partial charge in [-0.25, -0.2) is 0 Å². The first-order valence-corrected chi connectivity index (χ1v) is 9.53. The summed E-state index contributed by atoms with van der Waals surface area (Å²) >= 11 is -4.70. The topological polar surface area (TPSA) is 0 Å². The van der Waals surface area contributed by atoms with Gasteiger partial charge < -0.3 is 0 Å².